The maximum atomic E-state index is 13.2. The van der Waals surface area contributed by atoms with E-state index in [2.05, 4.69) is 30.6 Å². The number of nitrogens with one attached hydrogen (secondary N) is 2. The van der Waals surface area contributed by atoms with E-state index in [4.69, 9.17) is 9.47 Å². The van der Waals surface area contributed by atoms with Crippen LogP contribution in [0.1, 0.15) is 23.0 Å². The maximum absolute atomic E-state index is 13.2. The van der Waals surface area contributed by atoms with Crippen molar-refractivity contribution in [3.63, 3.8) is 0 Å². The molecule has 1 atom stereocenters. The predicted molar refractivity (Wildman–Crippen MR) is 140 cm³/mol. The van der Waals surface area contributed by atoms with E-state index in [-0.39, 0.29) is 24.5 Å². The molecule has 2 amide bonds. The zero-order valence-electron chi connectivity index (χ0n) is 20.7. The Labute approximate surface area is 217 Å². The topological polar surface area (TPSA) is 123 Å². The number of pyridine rings is 2. The van der Waals surface area contributed by atoms with Crippen LogP contribution in [-0.4, -0.2) is 75.8 Å². The van der Waals surface area contributed by atoms with Gasteiger partial charge in [-0.3, -0.25) is 19.5 Å². The molecular weight excluding hydrogens is 494 g/mol. The van der Waals surface area contributed by atoms with Crippen molar-refractivity contribution in [3.8, 4) is 16.3 Å². The van der Waals surface area contributed by atoms with E-state index in [9.17, 15) is 9.59 Å². The molecule has 1 aliphatic rings. The fourth-order valence-corrected chi connectivity index (χ4v) is 5.24. The van der Waals surface area contributed by atoms with Crippen molar-refractivity contribution in [2.45, 2.75) is 20.0 Å². The molecule has 37 heavy (non-hydrogen) atoms. The number of aryl methyl sites for hydroxylation is 1. The van der Waals surface area contributed by atoms with Crippen LogP contribution in [0.5, 0.6) is 5.88 Å². The highest BCUT2D eigenvalue weighted by Gasteiger charge is 2.21. The van der Waals surface area contributed by atoms with Crippen LogP contribution in [-0.2, 0) is 9.53 Å². The molecular formula is C25H27N7O4S. The number of rotatable bonds is 7. The van der Waals surface area contributed by atoms with E-state index in [0.717, 1.165) is 10.4 Å². The Bertz CT molecular complexity index is 1450. The normalized spacial score (nSPS) is 16.0. The predicted octanol–water partition coefficient (Wildman–Crippen LogP) is 3.08. The van der Waals surface area contributed by atoms with Crippen molar-refractivity contribution >= 4 is 39.4 Å². The Morgan fingerprint density at radius 2 is 2.14 bits per heavy atom. The molecule has 5 heterocycles. The minimum Gasteiger partial charge on any atom is -0.481 e. The standard InChI is InChI=1S/C25H27N7O4S/c1-15-12-31(7-8-36-15)14-22(33)29-17-9-20(16(2)27-10-17)30-23(34)19-11-28-32-13-21(37-25(19)32)18-5-4-6-26-24(18)35-3/h4-6,9-11,13,15H,7-8,12,14H2,1-3H3,(H,29,33)(H,30,34)/t15-/m1/s1. The number of fused-ring (bicyclic) bond motifs is 1. The lowest BCUT2D eigenvalue weighted by molar-refractivity contribution is -0.119. The van der Waals surface area contributed by atoms with Gasteiger partial charge in [-0.05, 0) is 32.0 Å². The van der Waals surface area contributed by atoms with Crippen molar-refractivity contribution in [1.82, 2.24) is 24.5 Å². The first-order chi connectivity index (χ1) is 17.9. The Balaban J connectivity index is 1.30. The summed E-state index contributed by atoms with van der Waals surface area (Å²) < 4.78 is 12.6. The zero-order valence-corrected chi connectivity index (χ0v) is 21.5. The molecule has 5 rings (SSSR count). The highest BCUT2D eigenvalue weighted by Crippen LogP contribution is 2.35. The molecule has 1 fully saturated rings. The molecule has 4 aromatic rings. The average Bonchev–Trinajstić information content (AvgIpc) is 3.47. The van der Waals surface area contributed by atoms with Crippen molar-refractivity contribution in [2.24, 2.45) is 0 Å². The van der Waals surface area contributed by atoms with Gasteiger partial charge in [0.05, 0.1) is 71.8 Å². The smallest absolute Gasteiger partial charge is 0.260 e. The van der Waals surface area contributed by atoms with E-state index >= 15 is 0 Å². The SMILES string of the molecule is COc1ncccc1-c1cn2ncc(C(=O)Nc3cc(NC(=O)CN4CCO[C@H](C)C4)cnc3C)c2s1. The van der Waals surface area contributed by atoms with Crippen LogP contribution in [0.4, 0.5) is 11.4 Å². The second kappa shape index (κ2) is 10.6. The fourth-order valence-electron chi connectivity index (χ4n) is 4.16. The first-order valence-corrected chi connectivity index (χ1v) is 12.6. The second-order valence-corrected chi connectivity index (χ2v) is 9.77. The van der Waals surface area contributed by atoms with Crippen LogP contribution in [0.25, 0.3) is 15.3 Å². The number of hydrogen-bond acceptors (Lipinski definition) is 9. The van der Waals surface area contributed by atoms with E-state index in [0.29, 0.717) is 53.0 Å². The number of anilines is 2. The molecule has 192 valence electrons. The molecule has 2 N–H and O–H groups in total. The number of morpholine rings is 1. The van der Waals surface area contributed by atoms with Crippen LogP contribution in [0.15, 0.2) is 43.0 Å². The number of methoxy groups -OCH3 is 1. The quantitative estimate of drug-likeness (QED) is 0.380. The number of amides is 2. The third-order valence-electron chi connectivity index (χ3n) is 5.98. The largest absolute Gasteiger partial charge is 0.481 e. The molecule has 0 unspecified atom stereocenters. The zero-order chi connectivity index (χ0) is 25.9. The van der Waals surface area contributed by atoms with Crippen LogP contribution in [0.3, 0.4) is 0 Å². The van der Waals surface area contributed by atoms with Crippen molar-refractivity contribution < 1.29 is 19.1 Å². The Hall–Kier alpha value is -3.87. The molecule has 12 heteroatoms. The number of carbonyl (C=O) groups is 2. The van der Waals surface area contributed by atoms with Crippen LogP contribution in [0.2, 0.25) is 0 Å². The number of hydrogen-bond donors (Lipinski definition) is 2. The number of thiazole rings is 1. The average molecular weight is 522 g/mol. The van der Waals surface area contributed by atoms with Gasteiger partial charge in [-0.25, -0.2) is 9.50 Å². The van der Waals surface area contributed by atoms with Gasteiger partial charge in [0.2, 0.25) is 11.8 Å². The molecule has 1 saturated heterocycles. The summed E-state index contributed by atoms with van der Waals surface area (Å²) in [5.74, 6) is 0.0336. The van der Waals surface area contributed by atoms with E-state index in [1.165, 1.54) is 17.5 Å². The summed E-state index contributed by atoms with van der Waals surface area (Å²) in [5.41, 5.74) is 2.89. The molecule has 0 bridgehead atoms. The molecule has 0 radical (unpaired) electrons. The lowest BCUT2D eigenvalue weighted by atomic mass is 10.2. The number of nitrogens with zero attached hydrogens (tertiary/aromatic N) is 5. The number of ether oxygens (including phenoxy) is 2. The van der Waals surface area contributed by atoms with Gasteiger partial charge >= 0.3 is 0 Å². The Morgan fingerprint density at radius 3 is 2.95 bits per heavy atom. The van der Waals surface area contributed by atoms with Gasteiger partial charge in [0, 0.05) is 25.5 Å². The molecule has 1 aliphatic heterocycles. The molecule has 0 aliphatic carbocycles. The molecule has 0 spiro atoms. The molecule has 0 saturated carbocycles. The van der Waals surface area contributed by atoms with Crippen molar-refractivity contribution in [2.75, 3.05) is 44.0 Å². The summed E-state index contributed by atoms with van der Waals surface area (Å²) in [6.07, 6.45) is 6.72. The van der Waals surface area contributed by atoms with Gasteiger partial charge in [-0.15, -0.1) is 11.3 Å². The van der Waals surface area contributed by atoms with Crippen LogP contribution in [0, 0.1) is 6.92 Å². The molecule has 11 nitrogen and oxygen atoms in total. The highest BCUT2D eigenvalue weighted by atomic mass is 32.1. The van der Waals surface area contributed by atoms with E-state index in [1.807, 2.05) is 25.3 Å². The third-order valence-corrected chi connectivity index (χ3v) is 7.13. The fraction of sp³-hybridized carbons (Fsp3) is 0.320. The summed E-state index contributed by atoms with van der Waals surface area (Å²) in [4.78, 5) is 38.0. The Morgan fingerprint density at radius 1 is 1.27 bits per heavy atom. The lowest BCUT2D eigenvalue weighted by Crippen LogP contribution is -2.44. The third kappa shape index (κ3) is 5.45. The minimum atomic E-state index is -0.322. The summed E-state index contributed by atoms with van der Waals surface area (Å²) in [5, 5.41) is 10.1. The van der Waals surface area contributed by atoms with Crippen LogP contribution < -0.4 is 15.4 Å². The lowest BCUT2D eigenvalue weighted by Gasteiger charge is -2.30. The number of aromatic nitrogens is 4. The summed E-state index contributed by atoms with van der Waals surface area (Å²) in [7, 11) is 1.57. The summed E-state index contributed by atoms with van der Waals surface area (Å²) in [6.45, 7) is 6.08. The first-order valence-electron chi connectivity index (χ1n) is 11.8. The summed E-state index contributed by atoms with van der Waals surface area (Å²) in [6, 6.07) is 5.45. The van der Waals surface area contributed by atoms with Gasteiger partial charge in [0.15, 0.2) is 0 Å². The van der Waals surface area contributed by atoms with Gasteiger partial charge in [-0.2, -0.15) is 5.10 Å². The van der Waals surface area contributed by atoms with Gasteiger partial charge in [0.25, 0.3) is 5.91 Å². The van der Waals surface area contributed by atoms with E-state index < -0.39 is 0 Å². The number of carbonyl (C=O) groups excluding carboxylic acids is 2. The summed E-state index contributed by atoms with van der Waals surface area (Å²) >= 11 is 1.42. The monoisotopic (exact) mass is 521 g/mol. The molecule has 4 aromatic heterocycles. The molecule has 0 aromatic carbocycles. The van der Waals surface area contributed by atoms with Gasteiger partial charge in [-0.1, -0.05) is 0 Å². The van der Waals surface area contributed by atoms with Crippen LogP contribution >= 0.6 is 11.3 Å². The highest BCUT2D eigenvalue weighted by molar-refractivity contribution is 7.21. The van der Waals surface area contributed by atoms with E-state index in [1.54, 1.807) is 37.0 Å². The Kier molecular flexibility index (Phi) is 7.12. The van der Waals surface area contributed by atoms with Gasteiger partial charge in [0.1, 0.15) is 4.83 Å². The van der Waals surface area contributed by atoms with Crippen molar-refractivity contribution in [3.05, 3.63) is 54.2 Å². The van der Waals surface area contributed by atoms with Crippen molar-refractivity contribution in [1.29, 1.82) is 0 Å². The maximum Gasteiger partial charge on any atom is 0.260 e. The second-order valence-electron chi connectivity index (χ2n) is 8.74. The first kappa shape index (κ1) is 24.8. The van der Waals surface area contributed by atoms with Gasteiger partial charge < -0.3 is 20.1 Å². The minimum absolute atomic E-state index is 0.102.